The molecule has 0 amide bonds. The normalized spacial score (nSPS) is 10.6. The summed E-state index contributed by atoms with van der Waals surface area (Å²) < 4.78 is 0. The van der Waals surface area contributed by atoms with E-state index in [0.29, 0.717) is 23.7 Å². The van der Waals surface area contributed by atoms with Gasteiger partial charge in [0, 0.05) is 22.5 Å². The number of hydrogen-bond donors (Lipinski definition) is 0. The number of rotatable bonds is 22. The SMILES string of the molecule is C.CCCCCCCN=C(C)C(C)(C)[N-]c1c(C(C)C)cccc1C(C)C.CCCCCCC[N-]C(C)(C)C(C)=Nc1c(C(C)C)cccc1C(C)C.[CH2-]c1ccccc1.[CH2-]c1ccccc1.[CH2-]c1ccccc1.[CH2-]c1ccccc1.[CH2-]c1ccccc1.[CH2-]c1ccccc1.[CH3+].[HH].[HH].[Zr+4].[Zr+4]. The number of para-hydroxylation sites is 2. The van der Waals surface area contributed by atoms with Crippen molar-refractivity contribution >= 4 is 22.8 Å². The second-order valence-corrected chi connectivity index (χ2v) is 26.2. The van der Waals surface area contributed by atoms with Crippen LogP contribution in [0.4, 0.5) is 11.4 Å². The molecule has 6 heteroatoms. The summed E-state index contributed by atoms with van der Waals surface area (Å²) in [6, 6.07) is 72.5. The van der Waals surface area contributed by atoms with E-state index in [1.807, 2.05) is 182 Å². The van der Waals surface area contributed by atoms with Crippen molar-refractivity contribution in [3.05, 3.63) is 334 Å². The van der Waals surface area contributed by atoms with E-state index in [-0.39, 0.29) is 81.2 Å². The molecule has 98 heavy (non-hydrogen) atoms. The Morgan fingerprint density at radius 2 is 0.633 bits per heavy atom. The zero-order valence-corrected chi connectivity index (χ0v) is 68.5. The smallest absolute Gasteiger partial charge is 0.674 e. The molecular formula is C92H135N4Zr2+. The molecule has 0 saturated heterocycles. The fourth-order valence-corrected chi connectivity index (χ4v) is 9.16. The maximum absolute atomic E-state index is 5.23. The Morgan fingerprint density at radius 3 is 0.888 bits per heavy atom. The molecule has 0 unspecified atom stereocenters. The van der Waals surface area contributed by atoms with Crippen molar-refractivity contribution in [3.8, 4) is 0 Å². The van der Waals surface area contributed by atoms with Gasteiger partial charge in [-0.15, -0.1) is 85.0 Å². The van der Waals surface area contributed by atoms with Gasteiger partial charge in [-0.05, 0) is 60.8 Å². The molecule has 0 fully saturated rings. The topological polar surface area (TPSA) is 52.9 Å². The van der Waals surface area contributed by atoms with Gasteiger partial charge in [0.25, 0.3) is 0 Å². The molecule has 0 aliphatic carbocycles. The maximum Gasteiger partial charge on any atom is 4.00 e. The number of nitrogens with zero attached hydrogens (tertiary/aromatic N) is 4. The number of unbranched alkanes of at least 4 members (excludes halogenated alkanes) is 8. The van der Waals surface area contributed by atoms with Gasteiger partial charge in [-0.25, -0.2) is 0 Å². The Balaban J connectivity index is -0.000000271. The predicted octanol–water partition coefficient (Wildman–Crippen LogP) is 29.1. The van der Waals surface area contributed by atoms with Crippen LogP contribution in [0.15, 0.2) is 228 Å². The Labute approximate surface area is 646 Å². The van der Waals surface area contributed by atoms with Crippen LogP contribution in [0, 0.1) is 49.0 Å². The Morgan fingerprint density at radius 1 is 0.367 bits per heavy atom. The summed E-state index contributed by atoms with van der Waals surface area (Å²) in [6.07, 6.45) is 12.9. The van der Waals surface area contributed by atoms with Crippen molar-refractivity contribution in [2.24, 2.45) is 9.98 Å². The van der Waals surface area contributed by atoms with Crippen LogP contribution in [0.2, 0.25) is 0 Å². The van der Waals surface area contributed by atoms with Crippen molar-refractivity contribution in [1.82, 2.24) is 0 Å². The van der Waals surface area contributed by atoms with Crippen LogP contribution in [0.1, 0.15) is 265 Å². The first-order valence-electron chi connectivity index (χ1n) is 34.7. The minimum absolute atomic E-state index is 0. The van der Waals surface area contributed by atoms with Crippen LogP contribution < -0.4 is 0 Å². The van der Waals surface area contributed by atoms with E-state index >= 15 is 0 Å². The van der Waals surface area contributed by atoms with Crippen LogP contribution in [0.5, 0.6) is 0 Å². The molecule has 0 atom stereocenters. The molecule has 0 aromatic heterocycles. The van der Waals surface area contributed by atoms with E-state index in [1.165, 1.54) is 97.8 Å². The zero-order chi connectivity index (χ0) is 70.2. The first kappa shape index (κ1) is 98.1. The summed E-state index contributed by atoms with van der Waals surface area (Å²) in [5.41, 5.74) is 15.9. The van der Waals surface area contributed by atoms with Crippen molar-refractivity contribution < 1.29 is 55.3 Å². The summed E-state index contributed by atoms with van der Waals surface area (Å²) in [5, 5.41) is 10.2. The minimum Gasteiger partial charge on any atom is -0.674 e. The first-order chi connectivity index (χ1) is 44.8. The van der Waals surface area contributed by atoms with Crippen molar-refractivity contribution in [3.63, 3.8) is 0 Å². The molecule has 0 aliphatic rings. The maximum atomic E-state index is 5.23. The molecule has 0 bridgehead atoms. The van der Waals surface area contributed by atoms with E-state index in [1.54, 1.807) is 0 Å². The van der Waals surface area contributed by atoms with Crippen molar-refractivity contribution in [2.75, 3.05) is 13.1 Å². The van der Waals surface area contributed by atoms with Gasteiger partial charge in [0.05, 0.1) is 5.69 Å². The monoisotopic (exact) mass is 1480 g/mol. The van der Waals surface area contributed by atoms with Gasteiger partial charge in [-0.2, -0.15) is 148 Å². The molecule has 0 aliphatic heterocycles. The Bertz CT molecular complexity index is 2820. The average Bonchev–Trinajstić information content (AvgIpc) is 0.814. The molecule has 0 N–H and O–H groups in total. The third-order valence-electron chi connectivity index (χ3n) is 15.6. The standard InChI is InChI=1S/2C24H41N2.6C7H7.CH4.CH3.2Zr.2H2/c1-9-10-11-12-13-17-25-24(7,8)20(6)26-23-21(18(2)3)15-14-16-22(23)19(4)5;1-9-10-11-12-13-17-25-20(6)24(7,8)26-23-21(18(2)3)15-14-16-22(23)19(4)5;6*1-7-5-3-2-4-6-7;;;;;;/h2*14-16,18-19H,9-13,17H2,1-8H3;6*2-6H,1H2;1H4;1H3;;;2*1H/q8*-1;;+1;2*+4;;. The van der Waals surface area contributed by atoms with Crippen molar-refractivity contribution in [1.29, 1.82) is 0 Å². The van der Waals surface area contributed by atoms with Crippen molar-refractivity contribution in [2.45, 2.75) is 217 Å². The molecule has 0 radical (unpaired) electrons. The molecule has 8 rings (SSSR count). The third kappa shape index (κ3) is 46.1. The molecule has 8 aromatic carbocycles. The van der Waals surface area contributed by atoms with E-state index in [2.05, 4.69) is 189 Å². The van der Waals surface area contributed by atoms with E-state index in [9.17, 15) is 0 Å². The van der Waals surface area contributed by atoms with E-state index in [4.69, 9.17) is 20.6 Å². The van der Waals surface area contributed by atoms with Crippen LogP contribution in [0.25, 0.3) is 10.6 Å². The zero-order valence-electron chi connectivity index (χ0n) is 63.6. The summed E-state index contributed by atoms with van der Waals surface area (Å²) in [4.78, 5) is 9.99. The third-order valence-corrected chi connectivity index (χ3v) is 15.6. The Kier molecular flexibility index (Phi) is 58.6. The fourth-order valence-electron chi connectivity index (χ4n) is 9.16. The van der Waals surface area contributed by atoms with Gasteiger partial charge in [0.1, 0.15) is 0 Å². The molecule has 8 aromatic rings. The van der Waals surface area contributed by atoms with Gasteiger partial charge >= 0.3 is 52.4 Å². The molecular weight excluding hydrogens is 1340 g/mol. The van der Waals surface area contributed by atoms with E-state index < -0.39 is 0 Å². The second kappa shape index (κ2) is 58.5. The molecule has 0 saturated carbocycles. The largest absolute Gasteiger partial charge is 4.00 e. The minimum atomic E-state index is -0.266. The van der Waals surface area contributed by atoms with E-state index in [0.717, 1.165) is 57.9 Å². The first-order valence-corrected chi connectivity index (χ1v) is 34.7. The molecule has 4 nitrogen and oxygen atoms in total. The quantitative estimate of drug-likeness (QED) is 0.0369. The van der Waals surface area contributed by atoms with Crippen LogP contribution in [0.3, 0.4) is 0 Å². The van der Waals surface area contributed by atoms with Gasteiger partial charge in [-0.3, -0.25) is 9.98 Å². The van der Waals surface area contributed by atoms with Gasteiger partial charge in [-0.1, -0.05) is 257 Å². The molecule has 0 heterocycles. The predicted molar refractivity (Wildman–Crippen MR) is 440 cm³/mol. The fraction of sp³-hybridized carbons (Fsp3) is 0.380. The van der Waals surface area contributed by atoms with Gasteiger partial charge < -0.3 is 10.6 Å². The average molecular weight is 1480 g/mol. The van der Waals surface area contributed by atoms with Crippen LogP contribution in [-0.2, 0) is 52.4 Å². The summed E-state index contributed by atoms with van der Waals surface area (Å²) in [5.74, 6) is 1.89. The second-order valence-electron chi connectivity index (χ2n) is 26.2. The van der Waals surface area contributed by atoms with Crippen LogP contribution >= 0.6 is 0 Å². The number of hydrogen-bond acceptors (Lipinski definition) is 2. The molecule has 530 valence electrons. The number of benzene rings is 8. The summed E-state index contributed by atoms with van der Waals surface area (Å²) in [7, 11) is 0. The number of aliphatic imine (C=N–C) groups is 2. The Hall–Kier alpha value is -6.28. The van der Waals surface area contributed by atoms with Gasteiger partial charge in [0.2, 0.25) is 0 Å². The summed E-state index contributed by atoms with van der Waals surface area (Å²) >= 11 is 0. The van der Waals surface area contributed by atoms with Crippen LogP contribution in [-0.4, -0.2) is 35.6 Å². The summed E-state index contributed by atoms with van der Waals surface area (Å²) in [6.45, 7) is 59.8. The van der Waals surface area contributed by atoms with Gasteiger partial charge in [0.15, 0.2) is 0 Å². The molecule has 0 spiro atoms.